The average Bonchev–Trinajstić information content (AvgIpc) is 2.67. The monoisotopic (exact) mass is 354 g/mol. The molecule has 0 saturated heterocycles. The minimum absolute atomic E-state index is 0.462. The molecule has 0 aliphatic rings. The van der Waals surface area contributed by atoms with E-state index in [1.807, 2.05) is 24.3 Å². The van der Waals surface area contributed by atoms with E-state index < -0.39 is 11.3 Å². The van der Waals surface area contributed by atoms with Gasteiger partial charge in [-0.1, -0.05) is 36.4 Å². The zero-order valence-electron chi connectivity index (χ0n) is 13.4. The molecule has 6 rings (SSSR count). The van der Waals surface area contributed by atoms with Gasteiger partial charge in [-0.15, -0.1) is 11.3 Å². The fourth-order valence-corrected chi connectivity index (χ4v) is 5.17. The van der Waals surface area contributed by atoms with Gasteiger partial charge in [-0.05, 0) is 40.4 Å². The van der Waals surface area contributed by atoms with Crippen molar-refractivity contribution in [1.82, 2.24) is 0 Å². The molecule has 4 heteroatoms. The first kappa shape index (κ1) is 14.0. The summed E-state index contributed by atoms with van der Waals surface area (Å²) in [4.78, 5) is 24.4. The van der Waals surface area contributed by atoms with Crippen LogP contribution in [-0.4, -0.2) is 0 Å². The molecule has 0 unspecified atom stereocenters. The van der Waals surface area contributed by atoms with Crippen LogP contribution in [0.2, 0.25) is 0 Å². The number of fused-ring (bicyclic) bond motifs is 4. The van der Waals surface area contributed by atoms with Gasteiger partial charge < -0.3 is 4.42 Å². The van der Waals surface area contributed by atoms with Crippen LogP contribution >= 0.6 is 11.3 Å². The van der Waals surface area contributed by atoms with Gasteiger partial charge in [0.25, 0.3) is 0 Å². The molecule has 0 fully saturated rings. The van der Waals surface area contributed by atoms with E-state index in [2.05, 4.69) is 24.3 Å². The van der Waals surface area contributed by atoms with Gasteiger partial charge in [0, 0.05) is 25.6 Å². The second kappa shape index (κ2) is 4.68. The maximum atomic E-state index is 12.2. The largest absolute Gasteiger partial charge is 0.386 e. The van der Waals surface area contributed by atoms with Gasteiger partial charge in [0.2, 0.25) is 0 Å². The lowest BCUT2D eigenvalue weighted by Crippen LogP contribution is -2.12. The molecule has 6 aromatic rings. The van der Waals surface area contributed by atoms with Crippen molar-refractivity contribution < 1.29 is 4.42 Å². The van der Waals surface area contributed by atoms with Crippen molar-refractivity contribution in [2.75, 3.05) is 0 Å². The lowest BCUT2D eigenvalue weighted by molar-refractivity contribution is 0.489. The second-order valence-corrected chi connectivity index (χ2v) is 7.54. The van der Waals surface area contributed by atoms with Crippen LogP contribution in [-0.2, 0) is 0 Å². The van der Waals surface area contributed by atoms with Crippen LogP contribution < -0.4 is 11.3 Å². The summed E-state index contributed by atoms with van der Waals surface area (Å²) in [7, 11) is 0. The first-order valence-electron chi connectivity index (χ1n) is 8.28. The van der Waals surface area contributed by atoms with Gasteiger partial charge in [0.15, 0.2) is 0 Å². The average molecular weight is 354 g/mol. The first-order valence-corrected chi connectivity index (χ1v) is 9.10. The standard InChI is InChI=1S/C22H10O3S/c23-21-14-7-6-13-18-12-4-2-1-3-11(12)5-9-16(18)26-17-10-8-15(22(24)25-21)19(14)20(13)17/h1-10H. The summed E-state index contributed by atoms with van der Waals surface area (Å²) in [6.07, 6.45) is 0. The number of benzene rings is 4. The summed E-state index contributed by atoms with van der Waals surface area (Å²) in [5.74, 6) is 0. The highest BCUT2D eigenvalue weighted by Crippen LogP contribution is 2.41. The molecule has 26 heavy (non-hydrogen) atoms. The zero-order chi connectivity index (χ0) is 17.4. The highest BCUT2D eigenvalue weighted by atomic mass is 32.1. The topological polar surface area (TPSA) is 47.3 Å². The van der Waals surface area contributed by atoms with Gasteiger partial charge in [-0.25, -0.2) is 9.59 Å². The van der Waals surface area contributed by atoms with Gasteiger partial charge in [0.1, 0.15) is 0 Å². The smallest absolute Gasteiger partial charge is 0.346 e. The molecule has 4 aromatic carbocycles. The van der Waals surface area contributed by atoms with E-state index in [0.29, 0.717) is 16.2 Å². The molecule has 2 heterocycles. The first-order chi connectivity index (χ1) is 12.7. The molecule has 0 spiro atoms. The molecule has 122 valence electrons. The number of rotatable bonds is 0. The Bertz CT molecular complexity index is 1590. The predicted octanol–water partition coefficient (Wildman–Crippen LogP) is 5.27. The molecule has 0 bridgehead atoms. The third kappa shape index (κ3) is 1.62. The van der Waals surface area contributed by atoms with Crippen LogP contribution in [0.5, 0.6) is 0 Å². The minimum atomic E-state index is -0.570. The second-order valence-electron chi connectivity index (χ2n) is 6.46. The van der Waals surface area contributed by atoms with E-state index in [9.17, 15) is 9.59 Å². The van der Waals surface area contributed by atoms with Gasteiger partial charge >= 0.3 is 11.3 Å². The SMILES string of the molecule is O=c1oc(=O)c2ccc3c4c(ccc5ccccc54)sc4ccc1c2c43. The minimum Gasteiger partial charge on any atom is -0.386 e. The van der Waals surface area contributed by atoms with Crippen LogP contribution in [0.1, 0.15) is 0 Å². The van der Waals surface area contributed by atoms with Crippen LogP contribution in [0.15, 0.2) is 74.7 Å². The van der Waals surface area contributed by atoms with Gasteiger partial charge in [0.05, 0.1) is 10.8 Å². The summed E-state index contributed by atoms with van der Waals surface area (Å²) in [6.45, 7) is 0. The molecule has 3 nitrogen and oxygen atoms in total. The maximum Gasteiger partial charge on any atom is 0.346 e. The number of hydrogen-bond donors (Lipinski definition) is 0. The molecule has 0 N–H and O–H groups in total. The Morgan fingerprint density at radius 2 is 1.23 bits per heavy atom. The van der Waals surface area contributed by atoms with Crippen molar-refractivity contribution in [3.05, 3.63) is 81.5 Å². The molecule has 2 aromatic heterocycles. The van der Waals surface area contributed by atoms with E-state index in [-0.39, 0.29) is 0 Å². The van der Waals surface area contributed by atoms with E-state index in [1.165, 1.54) is 15.5 Å². The Balaban J connectivity index is 2.05. The van der Waals surface area contributed by atoms with Crippen molar-refractivity contribution in [2.45, 2.75) is 0 Å². The Hall–Kier alpha value is -3.24. The van der Waals surface area contributed by atoms with Crippen molar-refractivity contribution in [1.29, 1.82) is 0 Å². The summed E-state index contributed by atoms with van der Waals surface area (Å²) in [5.41, 5.74) is -1.14. The maximum absolute atomic E-state index is 12.2. The summed E-state index contributed by atoms with van der Waals surface area (Å²) in [6, 6.07) is 20.0. The molecule has 0 amide bonds. The highest BCUT2D eigenvalue weighted by Gasteiger charge is 2.17. The summed E-state index contributed by atoms with van der Waals surface area (Å²) in [5, 5.41) is 7.18. The van der Waals surface area contributed by atoms with Crippen molar-refractivity contribution in [2.24, 2.45) is 0 Å². The van der Waals surface area contributed by atoms with E-state index in [0.717, 1.165) is 20.9 Å². The third-order valence-electron chi connectivity index (χ3n) is 5.13. The van der Waals surface area contributed by atoms with E-state index in [1.54, 1.807) is 23.5 Å². The Morgan fingerprint density at radius 1 is 0.577 bits per heavy atom. The van der Waals surface area contributed by atoms with Crippen molar-refractivity contribution in [3.8, 4) is 0 Å². The van der Waals surface area contributed by atoms with Crippen LogP contribution in [0.25, 0.3) is 52.5 Å². The fourth-order valence-electron chi connectivity index (χ4n) is 4.02. The predicted molar refractivity (Wildman–Crippen MR) is 108 cm³/mol. The molecular formula is C22H10O3S. The quantitative estimate of drug-likeness (QED) is 0.276. The Morgan fingerprint density at radius 3 is 2.08 bits per heavy atom. The molecule has 0 saturated carbocycles. The van der Waals surface area contributed by atoms with Crippen LogP contribution in [0.3, 0.4) is 0 Å². The molecular weight excluding hydrogens is 344 g/mol. The third-order valence-corrected chi connectivity index (χ3v) is 6.25. The van der Waals surface area contributed by atoms with Crippen LogP contribution in [0, 0.1) is 0 Å². The summed E-state index contributed by atoms with van der Waals surface area (Å²) >= 11 is 1.68. The lowest BCUT2D eigenvalue weighted by atomic mass is 9.96. The molecule has 0 aliphatic heterocycles. The fraction of sp³-hybridized carbons (Fsp3) is 0. The van der Waals surface area contributed by atoms with E-state index in [4.69, 9.17) is 4.42 Å². The molecule has 0 aliphatic carbocycles. The van der Waals surface area contributed by atoms with Gasteiger partial charge in [-0.2, -0.15) is 0 Å². The van der Waals surface area contributed by atoms with Crippen molar-refractivity contribution >= 4 is 63.8 Å². The highest BCUT2D eigenvalue weighted by molar-refractivity contribution is 7.25. The molecule has 0 radical (unpaired) electrons. The number of hydrogen-bond acceptors (Lipinski definition) is 4. The Labute approximate surface area is 150 Å². The summed E-state index contributed by atoms with van der Waals surface area (Å²) < 4.78 is 7.13. The Kier molecular flexibility index (Phi) is 2.52. The van der Waals surface area contributed by atoms with Crippen LogP contribution in [0.4, 0.5) is 0 Å². The normalized spacial score (nSPS) is 12.2. The molecule has 0 atom stereocenters. The van der Waals surface area contributed by atoms with E-state index >= 15 is 0 Å². The lowest BCUT2D eigenvalue weighted by Gasteiger charge is -2.12. The van der Waals surface area contributed by atoms with Crippen molar-refractivity contribution in [3.63, 3.8) is 0 Å². The van der Waals surface area contributed by atoms with Gasteiger partial charge in [-0.3, -0.25) is 0 Å². The zero-order valence-corrected chi connectivity index (χ0v) is 14.2.